The zero-order valence-electron chi connectivity index (χ0n) is 12.2. The van der Waals surface area contributed by atoms with Gasteiger partial charge in [-0.05, 0) is 33.1 Å². The molecule has 0 fully saturated rings. The number of carboxylic acids is 1. The number of hydrogen-bond acceptors (Lipinski definition) is 4. The maximum Gasteiger partial charge on any atom is 0.329 e. The van der Waals surface area contributed by atoms with Crippen LogP contribution in [0.1, 0.15) is 50.2 Å². The fourth-order valence-corrected chi connectivity index (χ4v) is 2.69. The predicted molar refractivity (Wildman–Crippen MR) is 78.9 cm³/mol. The molecule has 1 unspecified atom stereocenters. The summed E-state index contributed by atoms with van der Waals surface area (Å²) in [6, 6.07) is 0. The molecule has 1 heterocycles. The van der Waals surface area contributed by atoms with Gasteiger partial charge in [-0.3, -0.25) is 4.79 Å². The highest BCUT2D eigenvalue weighted by Gasteiger charge is 2.33. The maximum atomic E-state index is 11.8. The molecule has 1 aromatic rings. The van der Waals surface area contributed by atoms with Crippen LogP contribution in [-0.4, -0.2) is 27.5 Å². The van der Waals surface area contributed by atoms with E-state index in [1.165, 1.54) is 0 Å². The molecule has 0 bridgehead atoms. The van der Waals surface area contributed by atoms with E-state index in [4.69, 9.17) is 0 Å². The van der Waals surface area contributed by atoms with E-state index >= 15 is 0 Å². The fourth-order valence-electron chi connectivity index (χ4n) is 2.05. The van der Waals surface area contributed by atoms with Crippen LogP contribution in [0.4, 0.5) is 0 Å². The van der Waals surface area contributed by atoms with E-state index in [9.17, 15) is 14.7 Å². The number of carbonyl (C=O) groups excluding carboxylic acids is 1. The quantitative estimate of drug-likeness (QED) is 0.773. The lowest BCUT2D eigenvalue weighted by Crippen LogP contribution is -2.52. The van der Waals surface area contributed by atoms with Crippen LogP contribution in [0.25, 0.3) is 0 Å². The minimum Gasteiger partial charge on any atom is -0.480 e. The summed E-state index contributed by atoms with van der Waals surface area (Å²) in [7, 11) is 0. The van der Waals surface area contributed by atoms with Gasteiger partial charge in [-0.15, -0.1) is 11.3 Å². The standard InChI is InChI=1S/C14H22N2O3S/c1-4-8-14(3,13(18)19)16-12(17)7-5-6-11-9-20-10(2)15-11/h9H,4-8H2,1-3H3,(H,16,17)(H,18,19). The van der Waals surface area contributed by atoms with Gasteiger partial charge in [0, 0.05) is 11.8 Å². The van der Waals surface area contributed by atoms with Gasteiger partial charge in [0.2, 0.25) is 5.91 Å². The van der Waals surface area contributed by atoms with Crippen molar-refractivity contribution in [2.45, 2.75) is 58.4 Å². The highest BCUT2D eigenvalue weighted by atomic mass is 32.1. The summed E-state index contributed by atoms with van der Waals surface area (Å²) in [5, 5.41) is 14.8. The number of carboxylic acid groups (broad SMARTS) is 1. The van der Waals surface area contributed by atoms with E-state index in [-0.39, 0.29) is 5.91 Å². The molecule has 20 heavy (non-hydrogen) atoms. The molecule has 5 nitrogen and oxygen atoms in total. The Hall–Kier alpha value is -1.43. The summed E-state index contributed by atoms with van der Waals surface area (Å²) in [6.45, 7) is 5.41. The number of thiazole rings is 1. The minimum atomic E-state index is -1.16. The molecule has 0 saturated carbocycles. The predicted octanol–water partition coefficient (Wildman–Crippen LogP) is 2.53. The van der Waals surface area contributed by atoms with Gasteiger partial charge >= 0.3 is 5.97 Å². The molecule has 0 aromatic carbocycles. The monoisotopic (exact) mass is 298 g/mol. The number of aromatic nitrogens is 1. The Morgan fingerprint density at radius 3 is 2.70 bits per heavy atom. The summed E-state index contributed by atoms with van der Waals surface area (Å²) in [5.41, 5.74) is -0.168. The van der Waals surface area contributed by atoms with Gasteiger partial charge in [-0.2, -0.15) is 0 Å². The maximum absolute atomic E-state index is 11.8. The minimum absolute atomic E-state index is 0.213. The number of nitrogens with zero attached hydrogens (tertiary/aromatic N) is 1. The van der Waals surface area contributed by atoms with Crippen molar-refractivity contribution in [3.8, 4) is 0 Å². The van der Waals surface area contributed by atoms with E-state index < -0.39 is 11.5 Å². The van der Waals surface area contributed by atoms with Gasteiger partial charge in [0.25, 0.3) is 0 Å². The number of rotatable bonds is 8. The summed E-state index contributed by atoms with van der Waals surface area (Å²) in [5.74, 6) is -1.20. The Balaban J connectivity index is 2.40. The van der Waals surface area contributed by atoms with Gasteiger partial charge in [0.1, 0.15) is 5.54 Å². The molecule has 2 N–H and O–H groups in total. The first-order chi connectivity index (χ1) is 9.37. The number of hydrogen-bond donors (Lipinski definition) is 2. The second kappa shape index (κ2) is 7.38. The molecular weight excluding hydrogens is 276 g/mol. The summed E-state index contributed by atoms with van der Waals surface area (Å²) < 4.78 is 0. The highest BCUT2D eigenvalue weighted by molar-refractivity contribution is 7.09. The molecule has 1 rings (SSSR count). The summed E-state index contributed by atoms with van der Waals surface area (Å²) in [6.07, 6.45) is 2.88. The Labute approximate surface area is 123 Å². The van der Waals surface area contributed by atoms with Crippen molar-refractivity contribution in [2.24, 2.45) is 0 Å². The van der Waals surface area contributed by atoms with E-state index in [0.717, 1.165) is 17.1 Å². The molecule has 0 aliphatic heterocycles. The normalized spacial score (nSPS) is 13.8. The van der Waals surface area contributed by atoms with Crippen LogP contribution in [0.2, 0.25) is 0 Å². The molecule has 112 valence electrons. The Kier molecular flexibility index (Phi) is 6.13. The SMILES string of the molecule is CCCC(C)(NC(=O)CCCc1csc(C)n1)C(=O)O. The van der Waals surface area contributed by atoms with Gasteiger partial charge < -0.3 is 10.4 Å². The van der Waals surface area contributed by atoms with Crippen molar-refractivity contribution in [2.75, 3.05) is 0 Å². The lowest BCUT2D eigenvalue weighted by Gasteiger charge is -2.25. The van der Waals surface area contributed by atoms with Crippen molar-refractivity contribution in [3.05, 3.63) is 16.1 Å². The molecule has 0 aliphatic rings. The topological polar surface area (TPSA) is 79.3 Å². The van der Waals surface area contributed by atoms with Crippen molar-refractivity contribution < 1.29 is 14.7 Å². The molecular formula is C14H22N2O3S. The van der Waals surface area contributed by atoms with Gasteiger partial charge in [0.15, 0.2) is 0 Å². The Morgan fingerprint density at radius 2 is 2.20 bits per heavy atom. The molecule has 6 heteroatoms. The lowest BCUT2D eigenvalue weighted by atomic mass is 9.96. The van der Waals surface area contributed by atoms with E-state index in [0.29, 0.717) is 25.7 Å². The zero-order chi connectivity index (χ0) is 15.2. The number of aliphatic carboxylic acids is 1. The first kappa shape index (κ1) is 16.6. The van der Waals surface area contributed by atoms with Gasteiger partial charge in [0.05, 0.1) is 10.7 Å². The third-order valence-corrected chi connectivity index (χ3v) is 3.96. The van der Waals surface area contributed by atoms with Crippen LogP contribution >= 0.6 is 11.3 Å². The van der Waals surface area contributed by atoms with Crippen LogP contribution in [-0.2, 0) is 16.0 Å². The van der Waals surface area contributed by atoms with Crippen LogP contribution in [0.15, 0.2) is 5.38 Å². The fraction of sp³-hybridized carbons (Fsp3) is 0.643. The third-order valence-electron chi connectivity index (χ3n) is 3.14. The van der Waals surface area contributed by atoms with Gasteiger partial charge in [-0.1, -0.05) is 13.3 Å². The van der Waals surface area contributed by atoms with Crippen LogP contribution < -0.4 is 5.32 Å². The molecule has 1 atom stereocenters. The first-order valence-electron chi connectivity index (χ1n) is 6.83. The first-order valence-corrected chi connectivity index (χ1v) is 7.70. The molecule has 0 spiro atoms. The van der Waals surface area contributed by atoms with E-state index in [2.05, 4.69) is 10.3 Å². The smallest absolute Gasteiger partial charge is 0.329 e. The average Bonchev–Trinajstić information content (AvgIpc) is 2.75. The van der Waals surface area contributed by atoms with E-state index in [1.807, 2.05) is 19.2 Å². The Morgan fingerprint density at radius 1 is 1.50 bits per heavy atom. The second-order valence-electron chi connectivity index (χ2n) is 5.15. The highest BCUT2D eigenvalue weighted by Crippen LogP contribution is 2.14. The lowest BCUT2D eigenvalue weighted by molar-refractivity contribution is -0.147. The van der Waals surface area contributed by atoms with Crippen LogP contribution in [0.5, 0.6) is 0 Å². The van der Waals surface area contributed by atoms with Crippen LogP contribution in [0.3, 0.4) is 0 Å². The number of amides is 1. The molecule has 1 amide bonds. The molecule has 1 aromatic heterocycles. The van der Waals surface area contributed by atoms with Crippen molar-refractivity contribution in [3.63, 3.8) is 0 Å². The van der Waals surface area contributed by atoms with Crippen molar-refractivity contribution >= 4 is 23.2 Å². The van der Waals surface area contributed by atoms with Gasteiger partial charge in [-0.25, -0.2) is 9.78 Å². The van der Waals surface area contributed by atoms with Crippen molar-refractivity contribution in [1.29, 1.82) is 0 Å². The van der Waals surface area contributed by atoms with Crippen molar-refractivity contribution in [1.82, 2.24) is 10.3 Å². The average molecular weight is 298 g/mol. The number of nitrogens with one attached hydrogen (secondary N) is 1. The van der Waals surface area contributed by atoms with E-state index in [1.54, 1.807) is 18.3 Å². The largest absolute Gasteiger partial charge is 0.480 e. The summed E-state index contributed by atoms with van der Waals surface area (Å²) in [4.78, 5) is 27.4. The third kappa shape index (κ3) is 4.92. The summed E-state index contributed by atoms with van der Waals surface area (Å²) >= 11 is 1.59. The second-order valence-corrected chi connectivity index (χ2v) is 6.21. The zero-order valence-corrected chi connectivity index (χ0v) is 13.0. The molecule has 0 radical (unpaired) electrons. The molecule has 0 saturated heterocycles. The molecule has 0 aliphatic carbocycles. The Bertz CT molecular complexity index is 473. The van der Waals surface area contributed by atoms with Crippen LogP contribution in [0, 0.1) is 6.92 Å². The number of carbonyl (C=O) groups is 2. The number of aryl methyl sites for hydroxylation is 2.